The maximum absolute atomic E-state index is 11.3. The quantitative estimate of drug-likeness (QED) is 0.635. The zero-order valence-corrected chi connectivity index (χ0v) is 10.7. The van der Waals surface area contributed by atoms with Crippen molar-refractivity contribution in [2.45, 2.75) is 5.33 Å². The molecule has 0 saturated carbocycles. The van der Waals surface area contributed by atoms with Gasteiger partial charge >= 0.3 is 5.97 Å². The summed E-state index contributed by atoms with van der Waals surface area (Å²) in [5, 5.41) is 1.05. The van der Waals surface area contributed by atoms with Gasteiger partial charge in [0.05, 0.1) is 24.8 Å². The van der Waals surface area contributed by atoms with Gasteiger partial charge in [0.25, 0.3) is 0 Å². The number of alkyl halides is 1. The summed E-state index contributed by atoms with van der Waals surface area (Å²) in [7, 11) is 2.83. The summed E-state index contributed by atoms with van der Waals surface area (Å²) < 4.78 is 9.68. The molecule has 0 aliphatic rings. The van der Waals surface area contributed by atoms with E-state index in [1.165, 1.54) is 14.2 Å². The molecule has 1 aromatic rings. The standard InChI is InChI=1S/C10H10BrClO3/c1-14-8-4-6(10(13)15-2)3-7(5-11)9(8)12/h3-4H,5H2,1-2H3. The van der Waals surface area contributed by atoms with Gasteiger partial charge in [0.15, 0.2) is 0 Å². The van der Waals surface area contributed by atoms with E-state index < -0.39 is 5.97 Å². The number of carbonyl (C=O) groups is 1. The van der Waals surface area contributed by atoms with Gasteiger partial charge < -0.3 is 9.47 Å². The van der Waals surface area contributed by atoms with Crippen LogP contribution in [0.1, 0.15) is 15.9 Å². The Morgan fingerprint density at radius 2 is 2.13 bits per heavy atom. The lowest BCUT2D eigenvalue weighted by Gasteiger charge is -2.09. The van der Waals surface area contributed by atoms with E-state index in [4.69, 9.17) is 16.3 Å². The Balaban J connectivity index is 3.26. The van der Waals surface area contributed by atoms with Gasteiger partial charge in [-0.15, -0.1) is 0 Å². The van der Waals surface area contributed by atoms with E-state index in [0.29, 0.717) is 21.7 Å². The van der Waals surface area contributed by atoms with Crippen LogP contribution in [0.15, 0.2) is 12.1 Å². The van der Waals surface area contributed by atoms with Crippen LogP contribution in [0.25, 0.3) is 0 Å². The molecule has 0 fully saturated rings. The molecule has 0 radical (unpaired) electrons. The van der Waals surface area contributed by atoms with E-state index >= 15 is 0 Å². The van der Waals surface area contributed by atoms with Crippen molar-refractivity contribution in [1.82, 2.24) is 0 Å². The summed E-state index contributed by atoms with van der Waals surface area (Å²) in [6.45, 7) is 0. The molecule has 0 amide bonds. The number of rotatable bonds is 3. The highest BCUT2D eigenvalue weighted by Crippen LogP contribution is 2.31. The van der Waals surface area contributed by atoms with Crippen LogP contribution in [0.5, 0.6) is 5.75 Å². The minimum Gasteiger partial charge on any atom is -0.495 e. The fraction of sp³-hybridized carbons (Fsp3) is 0.300. The number of benzene rings is 1. The normalized spacial score (nSPS) is 9.87. The largest absolute Gasteiger partial charge is 0.495 e. The van der Waals surface area contributed by atoms with Crippen molar-refractivity contribution in [2.75, 3.05) is 14.2 Å². The number of hydrogen-bond donors (Lipinski definition) is 0. The molecule has 82 valence electrons. The maximum Gasteiger partial charge on any atom is 0.337 e. The number of carbonyl (C=O) groups excluding carboxylic acids is 1. The van der Waals surface area contributed by atoms with Crippen molar-refractivity contribution in [2.24, 2.45) is 0 Å². The van der Waals surface area contributed by atoms with Crippen LogP contribution in [0.3, 0.4) is 0 Å². The number of ether oxygens (including phenoxy) is 2. The second kappa shape index (κ2) is 5.37. The molecule has 1 rings (SSSR count). The van der Waals surface area contributed by atoms with Crippen LogP contribution in [0, 0.1) is 0 Å². The molecule has 0 heterocycles. The molecule has 1 aromatic carbocycles. The predicted octanol–water partition coefficient (Wildman–Crippen LogP) is 3.03. The predicted molar refractivity (Wildman–Crippen MR) is 62.0 cm³/mol. The molecule has 0 aliphatic carbocycles. The number of esters is 1. The van der Waals surface area contributed by atoms with Crippen LogP contribution in [0.4, 0.5) is 0 Å². The van der Waals surface area contributed by atoms with Gasteiger partial charge in [-0.2, -0.15) is 0 Å². The smallest absolute Gasteiger partial charge is 0.337 e. The van der Waals surface area contributed by atoms with Crippen LogP contribution in [-0.4, -0.2) is 20.2 Å². The number of hydrogen-bond acceptors (Lipinski definition) is 3. The van der Waals surface area contributed by atoms with Crippen molar-refractivity contribution in [3.05, 3.63) is 28.3 Å². The molecule has 0 N–H and O–H groups in total. The molecule has 5 heteroatoms. The highest BCUT2D eigenvalue weighted by Gasteiger charge is 2.13. The van der Waals surface area contributed by atoms with Gasteiger partial charge in [0.1, 0.15) is 5.75 Å². The molecule has 0 atom stereocenters. The van der Waals surface area contributed by atoms with Crippen LogP contribution in [-0.2, 0) is 10.1 Å². The van der Waals surface area contributed by atoms with Crippen LogP contribution in [0.2, 0.25) is 5.02 Å². The molecular formula is C10H10BrClO3. The molecule has 0 unspecified atom stereocenters. The van der Waals surface area contributed by atoms with Crippen LogP contribution < -0.4 is 4.74 Å². The van der Waals surface area contributed by atoms with E-state index in [9.17, 15) is 4.79 Å². The second-order valence-electron chi connectivity index (χ2n) is 2.78. The first kappa shape index (κ1) is 12.3. The first-order valence-electron chi connectivity index (χ1n) is 4.14. The first-order chi connectivity index (χ1) is 7.13. The van der Waals surface area contributed by atoms with Gasteiger partial charge in [-0.1, -0.05) is 27.5 Å². The van der Waals surface area contributed by atoms with E-state index in [0.717, 1.165) is 5.56 Å². The molecule has 0 bridgehead atoms. The summed E-state index contributed by atoms with van der Waals surface area (Å²) in [5.74, 6) is 0.0567. The average Bonchev–Trinajstić information content (AvgIpc) is 2.28. The molecule has 0 saturated heterocycles. The Hall–Kier alpha value is -0.740. The zero-order valence-electron chi connectivity index (χ0n) is 8.34. The van der Waals surface area contributed by atoms with E-state index in [-0.39, 0.29) is 0 Å². The molecule has 15 heavy (non-hydrogen) atoms. The lowest BCUT2D eigenvalue weighted by molar-refractivity contribution is 0.0600. The fourth-order valence-corrected chi connectivity index (χ4v) is 1.99. The summed E-state index contributed by atoms with van der Waals surface area (Å²) in [4.78, 5) is 11.3. The van der Waals surface area contributed by atoms with E-state index in [2.05, 4.69) is 20.7 Å². The summed E-state index contributed by atoms with van der Waals surface area (Å²) in [6, 6.07) is 3.23. The Morgan fingerprint density at radius 3 is 2.60 bits per heavy atom. The van der Waals surface area contributed by atoms with Crippen molar-refractivity contribution in [3.63, 3.8) is 0 Å². The van der Waals surface area contributed by atoms with Crippen molar-refractivity contribution < 1.29 is 14.3 Å². The maximum atomic E-state index is 11.3. The third-order valence-electron chi connectivity index (χ3n) is 1.90. The monoisotopic (exact) mass is 292 g/mol. The minimum absolute atomic E-state index is 0.410. The second-order valence-corrected chi connectivity index (χ2v) is 3.72. The Bertz CT molecular complexity index is 354. The number of halogens is 2. The SMILES string of the molecule is COC(=O)c1cc(CBr)c(Cl)c(OC)c1. The van der Waals surface area contributed by atoms with Crippen molar-refractivity contribution in [3.8, 4) is 5.75 Å². The highest BCUT2D eigenvalue weighted by atomic mass is 79.9. The third kappa shape index (κ3) is 2.63. The first-order valence-corrected chi connectivity index (χ1v) is 5.64. The zero-order chi connectivity index (χ0) is 11.4. The summed E-state index contributed by atoms with van der Waals surface area (Å²) in [5.41, 5.74) is 1.21. The molecule has 0 aromatic heterocycles. The van der Waals surface area contributed by atoms with Gasteiger partial charge in [-0.25, -0.2) is 4.79 Å². The fourth-order valence-electron chi connectivity index (χ4n) is 1.14. The topological polar surface area (TPSA) is 35.5 Å². The van der Waals surface area contributed by atoms with Crippen molar-refractivity contribution >= 4 is 33.5 Å². The summed E-state index contributed by atoms with van der Waals surface area (Å²) in [6.07, 6.45) is 0. The lowest BCUT2D eigenvalue weighted by atomic mass is 10.1. The van der Waals surface area contributed by atoms with Gasteiger partial charge in [-0.05, 0) is 17.7 Å². The van der Waals surface area contributed by atoms with Gasteiger partial charge in [0.2, 0.25) is 0 Å². The summed E-state index contributed by atoms with van der Waals surface area (Å²) >= 11 is 9.31. The minimum atomic E-state index is -0.410. The molecular weight excluding hydrogens is 283 g/mol. The van der Waals surface area contributed by atoms with Gasteiger partial charge in [0, 0.05) is 5.33 Å². The van der Waals surface area contributed by atoms with E-state index in [1.807, 2.05) is 0 Å². The highest BCUT2D eigenvalue weighted by molar-refractivity contribution is 9.08. The molecule has 0 spiro atoms. The molecule has 0 aliphatic heterocycles. The van der Waals surface area contributed by atoms with E-state index in [1.54, 1.807) is 12.1 Å². The molecule has 3 nitrogen and oxygen atoms in total. The lowest BCUT2D eigenvalue weighted by Crippen LogP contribution is -2.03. The van der Waals surface area contributed by atoms with Gasteiger partial charge in [-0.3, -0.25) is 0 Å². The third-order valence-corrected chi connectivity index (χ3v) is 2.93. The van der Waals surface area contributed by atoms with Crippen LogP contribution >= 0.6 is 27.5 Å². The Morgan fingerprint density at radius 1 is 1.47 bits per heavy atom. The average molecular weight is 294 g/mol. The number of methoxy groups -OCH3 is 2. The Labute approximate surface area is 101 Å². The Kier molecular flexibility index (Phi) is 4.42. The van der Waals surface area contributed by atoms with Crippen molar-refractivity contribution in [1.29, 1.82) is 0 Å².